The molecule has 102 valence electrons. The smallest absolute Gasteiger partial charge is 0.145 e. The lowest BCUT2D eigenvalue weighted by atomic mass is 10.1. The Hall–Kier alpha value is -1.36. The van der Waals surface area contributed by atoms with E-state index in [4.69, 9.17) is 23.2 Å². The Morgan fingerprint density at radius 3 is 2.85 bits per heavy atom. The maximum atomic E-state index is 6.23. The normalized spacial score (nSPS) is 17.8. The summed E-state index contributed by atoms with van der Waals surface area (Å²) in [5.41, 5.74) is 0.970. The first-order valence-electron chi connectivity index (χ1n) is 6.02. The summed E-state index contributed by atoms with van der Waals surface area (Å²) in [6, 6.07) is 7.65. The molecule has 0 saturated heterocycles. The van der Waals surface area contributed by atoms with Crippen molar-refractivity contribution < 1.29 is 0 Å². The first-order valence-corrected chi connectivity index (χ1v) is 7.59. The quantitative estimate of drug-likeness (QED) is 0.789. The molecule has 0 spiro atoms. The zero-order chi connectivity index (χ0) is 14.1. The molecule has 0 bridgehead atoms. The molecule has 20 heavy (non-hydrogen) atoms. The third-order valence-electron chi connectivity index (χ3n) is 2.94. The number of thiazole rings is 1. The highest BCUT2D eigenvalue weighted by Gasteiger charge is 2.24. The number of hydrogen-bond acceptors (Lipinski definition) is 4. The van der Waals surface area contributed by atoms with Gasteiger partial charge in [0.1, 0.15) is 5.15 Å². The second kappa shape index (κ2) is 5.56. The lowest BCUT2D eigenvalue weighted by Crippen LogP contribution is -2.27. The van der Waals surface area contributed by atoms with Crippen LogP contribution in [0.5, 0.6) is 0 Å². The van der Waals surface area contributed by atoms with E-state index < -0.39 is 0 Å². The number of rotatable bonds is 2. The number of aliphatic imine (C=N–C) groups is 1. The van der Waals surface area contributed by atoms with Crippen molar-refractivity contribution in [2.75, 3.05) is 4.90 Å². The largest absolute Gasteiger partial charge is 0.320 e. The average Bonchev–Trinajstić information content (AvgIpc) is 2.78. The SMILES string of the molecule is Cc1nc(Cl)c(C2C=CN=CN2c2cccc(Cl)c2)s1. The van der Waals surface area contributed by atoms with Crippen molar-refractivity contribution in [2.45, 2.75) is 13.0 Å². The van der Waals surface area contributed by atoms with Crippen LogP contribution in [0.25, 0.3) is 0 Å². The summed E-state index contributed by atoms with van der Waals surface area (Å²) in [6.07, 6.45) is 5.55. The third-order valence-corrected chi connectivity index (χ3v) is 4.61. The van der Waals surface area contributed by atoms with Crippen LogP contribution in [0.2, 0.25) is 10.2 Å². The van der Waals surface area contributed by atoms with Crippen LogP contribution < -0.4 is 4.90 Å². The van der Waals surface area contributed by atoms with Gasteiger partial charge in [0.15, 0.2) is 0 Å². The number of halogens is 2. The molecule has 1 aromatic carbocycles. The van der Waals surface area contributed by atoms with Crippen LogP contribution in [0.1, 0.15) is 15.9 Å². The Labute approximate surface area is 131 Å². The molecule has 0 radical (unpaired) electrons. The molecule has 0 N–H and O–H groups in total. The van der Waals surface area contributed by atoms with Gasteiger partial charge in [0, 0.05) is 16.9 Å². The van der Waals surface area contributed by atoms with Crippen molar-refractivity contribution in [1.29, 1.82) is 0 Å². The van der Waals surface area contributed by atoms with E-state index in [0.29, 0.717) is 10.2 Å². The molecule has 1 aliphatic rings. The summed E-state index contributed by atoms with van der Waals surface area (Å²) >= 11 is 13.9. The molecule has 2 aromatic rings. The number of anilines is 1. The lowest BCUT2D eigenvalue weighted by Gasteiger charge is -2.28. The van der Waals surface area contributed by atoms with E-state index in [1.807, 2.05) is 42.2 Å². The first kappa shape index (κ1) is 13.6. The zero-order valence-corrected chi connectivity index (χ0v) is 13.0. The van der Waals surface area contributed by atoms with Gasteiger partial charge in [-0.2, -0.15) is 0 Å². The minimum absolute atomic E-state index is 0.00957. The molecule has 0 fully saturated rings. The van der Waals surface area contributed by atoms with Crippen molar-refractivity contribution in [1.82, 2.24) is 4.98 Å². The topological polar surface area (TPSA) is 28.5 Å². The van der Waals surface area contributed by atoms with Crippen molar-refractivity contribution in [3.8, 4) is 0 Å². The number of nitrogens with zero attached hydrogens (tertiary/aromatic N) is 3. The average molecular weight is 324 g/mol. The van der Waals surface area contributed by atoms with Crippen molar-refractivity contribution in [2.24, 2.45) is 4.99 Å². The van der Waals surface area contributed by atoms with Crippen molar-refractivity contribution in [3.63, 3.8) is 0 Å². The van der Waals surface area contributed by atoms with Gasteiger partial charge in [-0.25, -0.2) is 9.98 Å². The molecule has 1 aromatic heterocycles. The van der Waals surface area contributed by atoms with Gasteiger partial charge >= 0.3 is 0 Å². The number of hydrogen-bond donors (Lipinski definition) is 0. The highest BCUT2D eigenvalue weighted by atomic mass is 35.5. The highest BCUT2D eigenvalue weighted by Crippen LogP contribution is 2.37. The summed E-state index contributed by atoms with van der Waals surface area (Å²) in [5.74, 6) is 0. The molecule has 0 saturated carbocycles. The summed E-state index contributed by atoms with van der Waals surface area (Å²) in [4.78, 5) is 11.5. The molecule has 3 nitrogen and oxygen atoms in total. The van der Waals surface area contributed by atoms with Crippen LogP contribution >= 0.6 is 34.5 Å². The number of aromatic nitrogens is 1. The molecule has 0 aliphatic carbocycles. The molecule has 1 aliphatic heterocycles. The Morgan fingerprint density at radius 2 is 2.15 bits per heavy atom. The fourth-order valence-electron chi connectivity index (χ4n) is 2.08. The molecule has 1 unspecified atom stereocenters. The molecule has 2 heterocycles. The van der Waals surface area contributed by atoms with Crippen LogP contribution in [-0.2, 0) is 0 Å². The van der Waals surface area contributed by atoms with Gasteiger partial charge in [-0.3, -0.25) is 0 Å². The predicted molar refractivity (Wildman–Crippen MR) is 86.2 cm³/mol. The maximum Gasteiger partial charge on any atom is 0.145 e. The van der Waals surface area contributed by atoms with Gasteiger partial charge in [0.25, 0.3) is 0 Å². The Balaban J connectivity index is 2.03. The van der Waals surface area contributed by atoms with Crippen LogP contribution in [0.15, 0.2) is 41.5 Å². The predicted octanol–water partition coefficient (Wildman–Crippen LogP) is 4.86. The standard InChI is InChI=1S/C14H11Cl2N3S/c1-9-18-14(16)13(20-9)12-5-6-17-8-19(12)11-4-2-3-10(15)7-11/h2-8,12H,1H3. The van der Waals surface area contributed by atoms with Gasteiger partial charge in [0.05, 0.1) is 22.3 Å². The first-order chi connectivity index (χ1) is 9.65. The second-order valence-corrected chi connectivity index (χ2v) is 6.36. The minimum Gasteiger partial charge on any atom is -0.320 e. The van der Waals surface area contributed by atoms with Crippen LogP contribution in [0.4, 0.5) is 5.69 Å². The second-order valence-electron chi connectivity index (χ2n) is 4.33. The van der Waals surface area contributed by atoms with Gasteiger partial charge in [0.2, 0.25) is 0 Å². The van der Waals surface area contributed by atoms with E-state index in [0.717, 1.165) is 15.6 Å². The molecular formula is C14H11Cl2N3S. The van der Waals surface area contributed by atoms with E-state index in [9.17, 15) is 0 Å². The van der Waals surface area contributed by atoms with E-state index in [2.05, 4.69) is 9.98 Å². The van der Waals surface area contributed by atoms with E-state index in [1.165, 1.54) is 0 Å². The summed E-state index contributed by atoms with van der Waals surface area (Å²) in [6.45, 7) is 1.95. The third kappa shape index (κ3) is 2.59. The molecule has 6 heteroatoms. The molecular weight excluding hydrogens is 313 g/mol. The van der Waals surface area contributed by atoms with Crippen LogP contribution in [0.3, 0.4) is 0 Å². The monoisotopic (exact) mass is 323 g/mol. The Kier molecular flexibility index (Phi) is 3.78. The van der Waals surface area contributed by atoms with Gasteiger partial charge in [-0.1, -0.05) is 29.3 Å². The van der Waals surface area contributed by atoms with E-state index >= 15 is 0 Å². The van der Waals surface area contributed by atoms with Crippen LogP contribution in [0, 0.1) is 6.92 Å². The van der Waals surface area contributed by atoms with Crippen LogP contribution in [-0.4, -0.2) is 11.3 Å². The maximum absolute atomic E-state index is 6.23. The fraction of sp³-hybridized carbons (Fsp3) is 0.143. The van der Waals surface area contributed by atoms with Crippen molar-refractivity contribution in [3.05, 3.63) is 56.6 Å². The lowest BCUT2D eigenvalue weighted by molar-refractivity contribution is 0.884. The Morgan fingerprint density at radius 1 is 1.30 bits per heavy atom. The zero-order valence-electron chi connectivity index (χ0n) is 10.6. The van der Waals surface area contributed by atoms with Gasteiger partial charge in [-0.15, -0.1) is 11.3 Å². The number of aryl methyl sites for hydroxylation is 1. The summed E-state index contributed by atoms with van der Waals surface area (Å²) in [5, 5.41) is 2.19. The van der Waals surface area contributed by atoms with Crippen molar-refractivity contribution >= 4 is 46.6 Å². The molecule has 1 atom stereocenters. The van der Waals surface area contributed by atoms with Gasteiger partial charge in [-0.05, 0) is 31.2 Å². The fourth-order valence-corrected chi connectivity index (χ4v) is 3.57. The van der Waals surface area contributed by atoms with E-state index in [-0.39, 0.29) is 6.04 Å². The molecule has 0 amide bonds. The summed E-state index contributed by atoms with van der Waals surface area (Å²) in [7, 11) is 0. The number of benzene rings is 1. The Bertz CT molecular complexity index is 693. The van der Waals surface area contributed by atoms with Gasteiger partial charge < -0.3 is 4.90 Å². The molecule has 3 rings (SSSR count). The summed E-state index contributed by atoms with van der Waals surface area (Å²) < 4.78 is 0. The van der Waals surface area contributed by atoms with E-state index in [1.54, 1.807) is 23.9 Å². The highest BCUT2D eigenvalue weighted by molar-refractivity contribution is 7.12. The minimum atomic E-state index is -0.00957.